The van der Waals surface area contributed by atoms with E-state index in [2.05, 4.69) is 0 Å². The van der Waals surface area contributed by atoms with Crippen molar-refractivity contribution in [1.82, 2.24) is 0 Å². The smallest absolute Gasteiger partial charge is 0.336 e. The molecule has 3 heteroatoms. The topological polar surface area (TPSA) is 57.5 Å². The highest BCUT2D eigenvalue weighted by Crippen LogP contribution is 2.43. The molecule has 1 fully saturated rings. The van der Waals surface area contributed by atoms with Gasteiger partial charge in [-0.05, 0) is 24.7 Å². The Hall–Kier alpha value is -0.570. The summed E-state index contributed by atoms with van der Waals surface area (Å²) in [5, 5.41) is 18.5. The molecule has 64 valence electrons. The zero-order valence-electron chi connectivity index (χ0n) is 6.87. The first-order chi connectivity index (χ1) is 4.99. The Morgan fingerprint density at radius 3 is 2.09 bits per heavy atom. The summed E-state index contributed by atoms with van der Waals surface area (Å²) in [6.07, 6.45) is 1.70. The maximum Gasteiger partial charge on any atom is 0.336 e. The van der Waals surface area contributed by atoms with Crippen LogP contribution >= 0.6 is 0 Å². The lowest BCUT2D eigenvalue weighted by Gasteiger charge is -2.27. The van der Waals surface area contributed by atoms with E-state index in [0.29, 0.717) is 0 Å². The second kappa shape index (κ2) is 2.48. The van der Waals surface area contributed by atoms with Gasteiger partial charge < -0.3 is 10.2 Å². The van der Waals surface area contributed by atoms with Crippen LogP contribution in [0, 0.1) is 11.8 Å². The molecule has 1 unspecified atom stereocenters. The molecule has 0 saturated heterocycles. The van der Waals surface area contributed by atoms with Crippen molar-refractivity contribution in [2.75, 3.05) is 0 Å². The minimum absolute atomic E-state index is 0.0139. The second-order valence-electron chi connectivity index (χ2n) is 3.56. The molecule has 0 amide bonds. The Morgan fingerprint density at radius 2 is 2.00 bits per heavy atom. The van der Waals surface area contributed by atoms with Gasteiger partial charge in [-0.3, -0.25) is 0 Å². The highest BCUT2D eigenvalue weighted by atomic mass is 16.4. The number of carbonyl (C=O) groups is 1. The molecule has 0 aromatic heterocycles. The number of carboxylic acid groups (broad SMARTS) is 1. The summed E-state index contributed by atoms with van der Waals surface area (Å²) < 4.78 is 0. The van der Waals surface area contributed by atoms with Crippen molar-refractivity contribution in [3.05, 3.63) is 0 Å². The van der Waals surface area contributed by atoms with Gasteiger partial charge in [0.1, 0.15) is 0 Å². The predicted octanol–water partition coefficient (Wildman–Crippen LogP) is 0.868. The van der Waals surface area contributed by atoms with Crippen molar-refractivity contribution in [2.45, 2.75) is 32.3 Å². The third-order valence-electron chi connectivity index (χ3n) is 2.42. The summed E-state index contributed by atoms with van der Waals surface area (Å²) in [4.78, 5) is 10.7. The number of aliphatic hydroxyl groups is 1. The van der Waals surface area contributed by atoms with Gasteiger partial charge in [0.15, 0.2) is 5.60 Å². The van der Waals surface area contributed by atoms with Gasteiger partial charge in [0.2, 0.25) is 0 Å². The summed E-state index contributed by atoms with van der Waals surface area (Å²) in [6.45, 7) is 3.48. The lowest BCUT2D eigenvalue weighted by atomic mass is 9.86. The van der Waals surface area contributed by atoms with Crippen molar-refractivity contribution in [2.24, 2.45) is 11.8 Å². The van der Waals surface area contributed by atoms with Crippen LogP contribution in [0.25, 0.3) is 0 Å². The van der Waals surface area contributed by atoms with Crippen molar-refractivity contribution >= 4 is 5.97 Å². The molecule has 0 heterocycles. The van der Waals surface area contributed by atoms with E-state index in [9.17, 15) is 9.90 Å². The molecule has 2 N–H and O–H groups in total. The number of aliphatic carboxylic acids is 1. The molecule has 3 nitrogen and oxygen atoms in total. The third kappa shape index (κ3) is 1.25. The van der Waals surface area contributed by atoms with Gasteiger partial charge in [-0.15, -0.1) is 0 Å². The van der Waals surface area contributed by atoms with E-state index in [4.69, 9.17) is 5.11 Å². The molecule has 0 aromatic carbocycles. The molecule has 1 saturated carbocycles. The fourth-order valence-electron chi connectivity index (χ4n) is 1.42. The molecule has 1 rings (SSSR count). The van der Waals surface area contributed by atoms with Crippen LogP contribution in [0.5, 0.6) is 0 Å². The van der Waals surface area contributed by atoms with E-state index in [1.165, 1.54) is 0 Å². The van der Waals surface area contributed by atoms with E-state index in [1.54, 1.807) is 13.8 Å². The van der Waals surface area contributed by atoms with Gasteiger partial charge in [0, 0.05) is 0 Å². The Balaban J connectivity index is 2.77. The molecule has 0 aliphatic heterocycles. The zero-order valence-corrected chi connectivity index (χ0v) is 6.87. The van der Waals surface area contributed by atoms with E-state index in [0.717, 1.165) is 12.8 Å². The quantitative estimate of drug-likeness (QED) is 0.640. The molecule has 11 heavy (non-hydrogen) atoms. The van der Waals surface area contributed by atoms with Gasteiger partial charge in [0.25, 0.3) is 0 Å². The van der Waals surface area contributed by atoms with Gasteiger partial charge in [0.05, 0.1) is 0 Å². The lowest BCUT2D eigenvalue weighted by molar-refractivity contribution is -0.166. The SMILES string of the molecule is CC(C)C(O)(C(=O)O)C1CC1. The standard InChI is InChI=1S/C8H14O3/c1-5(2)8(11,7(9)10)6-3-4-6/h5-6,11H,3-4H2,1-2H3,(H,9,10). The first-order valence-electron chi connectivity index (χ1n) is 3.95. The summed E-state index contributed by atoms with van der Waals surface area (Å²) in [5.41, 5.74) is -1.47. The monoisotopic (exact) mass is 158 g/mol. The first kappa shape index (κ1) is 8.53. The van der Waals surface area contributed by atoms with Crippen LogP contribution in [0.1, 0.15) is 26.7 Å². The molecule has 0 aromatic rings. The van der Waals surface area contributed by atoms with Crippen LogP contribution in [0.2, 0.25) is 0 Å². The van der Waals surface area contributed by atoms with Crippen molar-refractivity contribution in [3.63, 3.8) is 0 Å². The molecule has 0 bridgehead atoms. The Morgan fingerprint density at radius 1 is 1.55 bits per heavy atom. The fourth-order valence-corrected chi connectivity index (χ4v) is 1.42. The normalized spacial score (nSPS) is 23.3. The second-order valence-corrected chi connectivity index (χ2v) is 3.56. The van der Waals surface area contributed by atoms with Crippen LogP contribution in [-0.4, -0.2) is 21.8 Å². The van der Waals surface area contributed by atoms with E-state index in [1.807, 2.05) is 0 Å². The maximum absolute atomic E-state index is 10.7. The number of rotatable bonds is 3. The van der Waals surface area contributed by atoms with Gasteiger partial charge >= 0.3 is 5.97 Å². The van der Waals surface area contributed by atoms with Crippen LogP contribution < -0.4 is 0 Å². The summed E-state index contributed by atoms with van der Waals surface area (Å²) in [6, 6.07) is 0. The number of carboxylic acids is 1. The molecule has 1 atom stereocenters. The maximum atomic E-state index is 10.7. The molecule has 0 radical (unpaired) electrons. The summed E-state index contributed by atoms with van der Waals surface area (Å²) >= 11 is 0. The molecule has 1 aliphatic rings. The predicted molar refractivity (Wildman–Crippen MR) is 40.1 cm³/mol. The Kier molecular flexibility index (Phi) is 1.92. The van der Waals surface area contributed by atoms with Crippen LogP contribution in [0.4, 0.5) is 0 Å². The summed E-state index contributed by atoms with van der Waals surface area (Å²) in [5.74, 6) is -1.29. The largest absolute Gasteiger partial charge is 0.479 e. The fraction of sp³-hybridized carbons (Fsp3) is 0.875. The van der Waals surface area contributed by atoms with E-state index < -0.39 is 11.6 Å². The summed E-state index contributed by atoms with van der Waals surface area (Å²) in [7, 11) is 0. The van der Waals surface area contributed by atoms with E-state index >= 15 is 0 Å². The van der Waals surface area contributed by atoms with Crippen molar-refractivity contribution in [3.8, 4) is 0 Å². The van der Waals surface area contributed by atoms with Gasteiger partial charge in [-0.25, -0.2) is 4.79 Å². The Labute approximate surface area is 66.0 Å². The van der Waals surface area contributed by atoms with Gasteiger partial charge in [-0.1, -0.05) is 13.8 Å². The van der Waals surface area contributed by atoms with Crippen molar-refractivity contribution in [1.29, 1.82) is 0 Å². The number of hydrogen-bond donors (Lipinski definition) is 2. The average Bonchev–Trinajstić information content (AvgIpc) is 2.66. The van der Waals surface area contributed by atoms with E-state index in [-0.39, 0.29) is 11.8 Å². The van der Waals surface area contributed by atoms with Crippen LogP contribution in [0.3, 0.4) is 0 Å². The average molecular weight is 158 g/mol. The van der Waals surface area contributed by atoms with Crippen LogP contribution in [-0.2, 0) is 4.79 Å². The first-order valence-corrected chi connectivity index (χ1v) is 3.95. The number of hydrogen-bond acceptors (Lipinski definition) is 2. The zero-order chi connectivity index (χ0) is 8.65. The Bertz CT molecular complexity index is 168. The van der Waals surface area contributed by atoms with Crippen LogP contribution in [0.15, 0.2) is 0 Å². The highest BCUT2D eigenvalue weighted by Gasteiger charge is 2.51. The van der Waals surface area contributed by atoms with Gasteiger partial charge in [-0.2, -0.15) is 0 Å². The minimum Gasteiger partial charge on any atom is -0.479 e. The lowest BCUT2D eigenvalue weighted by Crippen LogP contribution is -2.45. The molecular formula is C8H14O3. The minimum atomic E-state index is -1.47. The highest BCUT2D eigenvalue weighted by molar-refractivity contribution is 5.78. The molecule has 1 aliphatic carbocycles. The third-order valence-corrected chi connectivity index (χ3v) is 2.42. The molecule has 0 spiro atoms. The molecular weight excluding hydrogens is 144 g/mol. The van der Waals surface area contributed by atoms with Crippen molar-refractivity contribution < 1.29 is 15.0 Å².